The normalized spacial score (nSPS) is 25.4. The summed E-state index contributed by atoms with van der Waals surface area (Å²) < 4.78 is 5.12. The van der Waals surface area contributed by atoms with E-state index in [1.807, 2.05) is 18.2 Å². The number of fused-ring (bicyclic) bond motifs is 5. The number of halogens is 1. The maximum Gasteiger partial charge on any atom is 0.338 e. The van der Waals surface area contributed by atoms with Crippen LogP contribution in [0, 0.1) is 23.7 Å². The summed E-state index contributed by atoms with van der Waals surface area (Å²) in [6.07, 6.45) is 1.84. The molecule has 3 amide bonds. The molecule has 8 heteroatoms. The van der Waals surface area contributed by atoms with E-state index < -0.39 is 18.5 Å². The second-order valence-corrected chi connectivity index (χ2v) is 10.6. The van der Waals surface area contributed by atoms with E-state index in [-0.39, 0.29) is 41.0 Å². The van der Waals surface area contributed by atoms with Gasteiger partial charge in [-0.3, -0.25) is 19.3 Å². The summed E-state index contributed by atoms with van der Waals surface area (Å²) in [6, 6.07) is 23.0. The van der Waals surface area contributed by atoms with E-state index in [2.05, 4.69) is 17.4 Å². The number of hydrogen-bond donors (Lipinski definition) is 1. The van der Waals surface area contributed by atoms with Gasteiger partial charge in [0.25, 0.3) is 5.91 Å². The number of rotatable bonds is 6. The van der Waals surface area contributed by atoms with Gasteiger partial charge in [-0.1, -0.05) is 48.0 Å². The molecule has 3 fully saturated rings. The van der Waals surface area contributed by atoms with Crippen molar-refractivity contribution in [3.8, 4) is 0 Å². The Kier molecular flexibility index (Phi) is 6.24. The minimum absolute atomic E-state index is 0.146. The molecule has 1 saturated heterocycles. The molecule has 3 aromatic rings. The van der Waals surface area contributed by atoms with E-state index in [9.17, 15) is 19.2 Å². The molecule has 2 bridgehead atoms. The molecular weight excluding hydrogens is 504 g/mol. The monoisotopic (exact) mass is 528 g/mol. The molecular formula is C30H25ClN2O5. The number of ether oxygens (including phenoxy) is 1. The van der Waals surface area contributed by atoms with E-state index in [1.54, 1.807) is 36.4 Å². The van der Waals surface area contributed by atoms with Gasteiger partial charge in [0, 0.05) is 10.7 Å². The predicted octanol–water partition coefficient (Wildman–Crippen LogP) is 5.06. The van der Waals surface area contributed by atoms with Crippen LogP contribution in [0.25, 0.3) is 0 Å². The number of esters is 1. The van der Waals surface area contributed by atoms with Crippen molar-refractivity contribution in [2.45, 2.75) is 18.8 Å². The first-order valence-electron chi connectivity index (χ1n) is 12.7. The van der Waals surface area contributed by atoms with Crippen LogP contribution >= 0.6 is 11.6 Å². The molecule has 0 radical (unpaired) electrons. The predicted molar refractivity (Wildman–Crippen MR) is 142 cm³/mol. The van der Waals surface area contributed by atoms with Crippen molar-refractivity contribution in [3.05, 3.63) is 95.0 Å². The van der Waals surface area contributed by atoms with Gasteiger partial charge in [0.05, 0.1) is 23.1 Å². The molecule has 0 unspecified atom stereocenters. The first-order valence-corrected chi connectivity index (χ1v) is 13.0. The summed E-state index contributed by atoms with van der Waals surface area (Å²) in [6.45, 7) is -0.467. The van der Waals surface area contributed by atoms with Crippen LogP contribution in [-0.2, 0) is 19.1 Å². The minimum atomic E-state index is -0.683. The van der Waals surface area contributed by atoms with Gasteiger partial charge in [-0.05, 0) is 78.6 Å². The molecule has 3 aliphatic rings. The fraction of sp³-hybridized carbons (Fsp3) is 0.267. The van der Waals surface area contributed by atoms with E-state index >= 15 is 0 Å². The van der Waals surface area contributed by atoms with Crippen LogP contribution < -0.4 is 10.2 Å². The largest absolute Gasteiger partial charge is 0.452 e. The van der Waals surface area contributed by atoms with Crippen LogP contribution in [0.2, 0.25) is 5.02 Å². The highest BCUT2D eigenvalue weighted by atomic mass is 35.5. The summed E-state index contributed by atoms with van der Waals surface area (Å²) in [5.74, 6) is -1.37. The van der Waals surface area contributed by atoms with Crippen molar-refractivity contribution in [1.82, 2.24) is 0 Å². The van der Waals surface area contributed by atoms with Gasteiger partial charge < -0.3 is 10.1 Å². The average molecular weight is 529 g/mol. The number of benzene rings is 3. The van der Waals surface area contributed by atoms with E-state index in [4.69, 9.17) is 16.3 Å². The molecule has 0 spiro atoms. The molecule has 1 N–H and O–H groups in total. The number of hydrogen-bond acceptors (Lipinski definition) is 5. The molecule has 0 aromatic heterocycles. The lowest BCUT2D eigenvalue weighted by atomic mass is 9.73. The first-order chi connectivity index (χ1) is 18.4. The number of anilines is 2. The Morgan fingerprint density at radius 3 is 2.37 bits per heavy atom. The van der Waals surface area contributed by atoms with Crippen molar-refractivity contribution in [3.63, 3.8) is 0 Å². The lowest BCUT2D eigenvalue weighted by Gasteiger charge is -2.28. The Hall–Kier alpha value is -3.97. The number of nitrogens with one attached hydrogen (secondary N) is 1. The standard InChI is InChI=1S/C30H25ClN2O5/c31-20-7-4-8-21(15-20)32-25(34)16-38-30(37)18-9-11-22(12-10-18)33-28(35)26-19-13-23(17-5-2-1-3-6-17)24(14-19)27(26)29(33)36/h1-12,15,19,23-24,26-27H,13-14,16H2,(H,32,34)/t19-,23+,24+,26+,27+/m0/s1. The highest BCUT2D eigenvalue weighted by molar-refractivity contribution is 6.30. The summed E-state index contributed by atoms with van der Waals surface area (Å²) in [5, 5.41) is 3.08. The van der Waals surface area contributed by atoms with Gasteiger partial charge in [-0.2, -0.15) is 0 Å². The van der Waals surface area contributed by atoms with Gasteiger partial charge >= 0.3 is 5.97 Å². The SMILES string of the molecule is O=C(COC(=O)c1ccc(N2C(=O)[C@@H]3[C@@H]4C[C@@H]([C@H]3C2=O)[C@@H](c2ccccc2)C4)cc1)Nc1cccc(Cl)c1. The van der Waals surface area contributed by atoms with E-state index in [0.717, 1.165) is 12.8 Å². The van der Waals surface area contributed by atoms with Crippen LogP contribution in [0.3, 0.4) is 0 Å². The molecule has 6 rings (SSSR count). The smallest absolute Gasteiger partial charge is 0.338 e. The van der Waals surface area contributed by atoms with Crippen molar-refractivity contribution < 1.29 is 23.9 Å². The Morgan fingerprint density at radius 1 is 0.895 bits per heavy atom. The molecule has 5 atom stereocenters. The van der Waals surface area contributed by atoms with E-state index in [1.165, 1.54) is 22.6 Å². The van der Waals surface area contributed by atoms with Gasteiger partial charge in [0.1, 0.15) is 0 Å². The minimum Gasteiger partial charge on any atom is -0.452 e. The number of imide groups is 1. The van der Waals surface area contributed by atoms with Gasteiger partial charge in [0.2, 0.25) is 11.8 Å². The van der Waals surface area contributed by atoms with Crippen molar-refractivity contribution in [2.24, 2.45) is 23.7 Å². The van der Waals surface area contributed by atoms with Crippen LogP contribution in [0.1, 0.15) is 34.7 Å². The third-order valence-electron chi connectivity index (χ3n) is 8.05. The molecule has 1 aliphatic heterocycles. The Morgan fingerprint density at radius 2 is 1.63 bits per heavy atom. The van der Waals surface area contributed by atoms with Gasteiger partial charge in [-0.25, -0.2) is 4.79 Å². The van der Waals surface area contributed by atoms with E-state index in [0.29, 0.717) is 22.3 Å². The second kappa shape index (κ2) is 9.72. The zero-order valence-electron chi connectivity index (χ0n) is 20.4. The highest BCUT2D eigenvalue weighted by Crippen LogP contribution is 2.61. The van der Waals surface area contributed by atoms with Crippen LogP contribution in [-0.4, -0.2) is 30.3 Å². The summed E-state index contributed by atoms with van der Waals surface area (Å²) >= 11 is 5.91. The van der Waals surface area contributed by atoms with Crippen molar-refractivity contribution in [2.75, 3.05) is 16.8 Å². The topological polar surface area (TPSA) is 92.8 Å². The van der Waals surface area contributed by atoms with Crippen molar-refractivity contribution >= 4 is 46.7 Å². The fourth-order valence-electron chi connectivity index (χ4n) is 6.52. The summed E-state index contributed by atoms with van der Waals surface area (Å²) in [5.41, 5.74) is 2.39. The number of amides is 3. The van der Waals surface area contributed by atoms with Crippen molar-refractivity contribution in [1.29, 1.82) is 0 Å². The van der Waals surface area contributed by atoms with Crippen LogP contribution in [0.15, 0.2) is 78.9 Å². The molecule has 38 heavy (non-hydrogen) atoms. The molecule has 3 aromatic carbocycles. The third kappa shape index (κ3) is 4.27. The lowest BCUT2D eigenvalue weighted by molar-refractivity contribution is -0.123. The quantitative estimate of drug-likeness (QED) is 0.356. The van der Waals surface area contributed by atoms with Gasteiger partial charge in [-0.15, -0.1) is 0 Å². The zero-order chi connectivity index (χ0) is 26.4. The first kappa shape index (κ1) is 24.4. The number of carbonyl (C=O) groups is 4. The fourth-order valence-corrected chi connectivity index (χ4v) is 6.71. The molecule has 1 heterocycles. The maximum atomic E-state index is 13.5. The molecule has 2 aliphatic carbocycles. The molecule has 2 saturated carbocycles. The third-order valence-corrected chi connectivity index (χ3v) is 8.28. The molecule has 7 nitrogen and oxygen atoms in total. The Labute approximate surface area is 224 Å². The zero-order valence-corrected chi connectivity index (χ0v) is 21.1. The average Bonchev–Trinajstić information content (AvgIpc) is 3.59. The Bertz CT molecular complexity index is 1420. The lowest BCUT2D eigenvalue weighted by Crippen LogP contribution is -2.33. The second-order valence-electron chi connectivity index (χ2n) is 10.2. The molecule has 192 valence electrons. The van der Waals surface area contributed by atoms with Gasteiger partial charge in [0.15, 0.2) is 6.61 Å². The summed E-state index contributed by atoms with van der Waals surface area (Å²) in [7, 11) is 0. The number of nitrogens with zero attached hydrogens (tertiary/aromatic N) is 1. The highest BCUT2D eigenvalue weighted by Gasteiger charge is 2.64. The van der Waals surface area contributed by atoms with Crippen LogP contribution in [0.5, 0.6) is 0 Å². The maximum absolute atomic E-state index is 13.5. The Balaban J connectivity index is 1.10. The van der Waals surface area contributed by atoms with Crippen LogP contribution in [0.4, 0.5) is 11.4 Å². The number of carbonyl (C=O) groups excluding carboxylic acids is 4. The summed E-state index contributed by atoms with van der Waals surface area (Å²) in [4.78, 5) is 52.7.